The molecule has 2 saturated carbocycles. The van der Waals surface area contributed by atoms with Crippen molar-refractivity contribution in [1.82, 2.24) is 0 Å². The van der Waals surface area contributed by atoms with E-state index in [9.17, 15) is 0 Å². The van der Waals surface area contributed by atoms with Crippen molar-refractivity contribution >= 4 is 0 Å². The maximum Gasteiger partial charge on any atom is 0.0615 e. The van der Waals surface area contributed by atoms with E-state index < -0.39 is 0 Å². The largest absolute Gasteiger partial charge is 0.392 e. The van der Waals surface area contributed by atoms with Crippen LogP contribution in [-0.4, -0.2) is 11.7 Å². The van der Waals surface area contributed by atoms with Crippen LogP contribution in [0.25, 0.3) is 0 Å². The van der Waals surface area contributed by atoms with E-state index in [1.54, 1.807) is 5.57 Å². The minimum Gasteiger partial charge on any atom is -0.392 e. The van der Waals surface area contributed by atoms with Crippen LogP contribution in [0.2, 0.25) is 0 Å². The van der Waals surface area contributed by atoms with Crippen LogP contribution in [0.1, 0.15) is 59.3 Å². The lowest BCUT2D eigenvalue weighted by atomic mass is 9.61. The molecule has 0 aromatic carbocycles. The number of aliphatic hydroxyl groups is 1. The zero-order valence-corrected chi connectivity index (χ0v) is 11.7. The molecule has 0 aliphatic heterocycles. The predicted molar refractivity (Wildman–Crippen MR) is 72.8 cm³/mol. The first-order valence-electron chi connectivity index (χ1n) is 7.43. The van der Waals surface area contributed by atoms with Crippen molar-refractivity contribution in [3.8, 4) is 0 Å². The molecule has 0 aromatic rings. The van der Waals surface area contributed by atoms with Crippen LogP contribution in [0.4, 0.5) is 0 Å². The van der Waals surface area contributed by atoms with Gasteiger partial charge in [-0.05, 0) is 55.3 Å². The molecule has 2 fully saturated rings. The summed E-state index contributed by atoms with van der Waals surface area (Å²) in [5.41, 5.74) is 2.08. The fourth-order valence-electron chi connectivity index (χ4n) is 4.66. The molecule has 2 rings (SSSR count). The first-order chi connectivity index (χ1) is 8.13. The summed E-state index contributed by atoms with van der Waals surface area (Å²) in [5.74, 6) is 2.53. The van der Waals surface area contributed by atoms with E-state index >= 15 is 0 Å². The van der Waals surface area contributed by atoms with Crippen molar-refractivity contribution in [3.63, 3.8) is 0 Å². The summed E-state index contributed by atoms with van der Waals surface area (Å²) in [6, 6.07) is 0. The standard InChI is InChI=1S/C16H28O/c1-4-12(2)14-7-8-15-13(9-11-17)6-5-10-16(14,15)3/h9,12,14-15,17H,4-8,10-11H2,1-3H3/t12-,14+,15-,16+/m0/s1. The molecule has 1 heteroatoms. The molecule has 0 heterocycles. The Labute approximate surface area is 106 Å². The lowest BCUT2D eigenvalue weighted by Crippen LogP contribution is -2.35. The van der Waals surface area contributed by atoms with Gasteiger partial charge in [0.1, 0.15) is 0 Å². The number of aliphatic hydroxyl groups excluding tert-OH is 1. The van der Waals surface area contributed by atoms with E-state index in [4.69, 9.17) is 5.11 Å². The van der Waals surface area contributed by atoms with Gasteiger partial charge in [-0.15, -0.1) is 0 Å². The molecule has 0 unspecified atom stereocenters. The van der Waals surface area contributed by atoms with Gasteiger partial charge < -0.3 is 5.11 Å². The Kier molecular flexibility index (Phi) is 3.97. The van der Waals surface area contributed by atoms with Gasteiger partial charge in [-0.1, -0.05) is 38.8 Å². The fraction of sp³-hybridized carbons (Fsp3) is 0.875. The molecule has 1 nitrogen and oxygen atoms in total. The van der Waals surface area contributed by atoms with E-state index in [1.807, 2.05) is 0 Å². The van der Waals surface area contributed by atoms with Crippen molar-refractivity contribution in [3.05, 3.63) is 11.6 Å². The molecule has 0 aromatic heterocycles. The Bertz CT molecular complexity index is 294. The molecule has 2 aliphatic carbocycles. The molecular weight excluding hydrogens is 208 g/mol. The number of allylic oxidation sites excluding steroid dienone is 1. The van der Waals surface area contributed by atoms with Crippen molar-refractivity contribution in [2.75, 3.05) is 6.61 Å². The van der Waals surface area contributed by atoms with Gasteiger partial charge in [0.05, 0.1) is 6.61 Å². The van der Waals surface area contributed by atoms with E-state index in [-0.39, 0.29) is 6.61 Å². The topological polar surface area (TPSA) is 20.2 Å². The highest BCUT2D eigenvalue weighted by Gasteiger charge is 2.50. The Balaban J connectivity index is 2.22. The monoisotopic (exact) mass is 236 g/mol. The quantitative estimate of drug-likeness (QED) is 0.729. The molecular formula is C16H28O. The Hall–Kier alpha value is -0.300. The molecule has 17 heavy (non-hydrogen) atoms. The van der Waals surface area contributed by atoms with E-state index in [0.29, 0.717) is 5.41 Å². The number of fused-ring (bicyclic) bond motifs is 1. The molecule has 0 bridgehead atoms. The number of rotatable bonds is 3. The minimum absolute atomic E-state index is 0.232. The summed E-state index contributed by atoms with van der Waals surface area (Å²) in [6.07, 6.45) is 10.1. The fourth-order valence-corrected chi connectivity index (χ4v) is 4.66. The third-order valence-corrected chi connectivity index (χ3v) is 5.72. The number of hydrogen-bond donors (Lipinski definition) is 1. The first kappa shape index (κ1) is 13.1. The van der Waals surface area contributed by atoms with Crippen molar-refractivity contribution in [2.24, 2.45) is 23.2 Å². The van der Waals surface area contributed by atoms with Crippen LogP contribution in [0.5, 0.6) is 0 Å². The van der Waals surface area contributed by atoms with Gasteiger partial charge in [0.25, 0.3) is 0 Å². The van der Waals surface area contributed by atoms with Gasteiger partial charge in [0.2, 0.25) is 0 Å². The van der Waals surface area contributed by atoms with Crippen LogP contribution in [0.15, 0.2) is 11.6 Å². The van der Waals surface area contributed by atoms with Gasteiger partial charge in [-0.25, -0.2) is 0 Å². The zero-order valence-electron chi connectivity index (χ0n) is 11.7. The molecule has 98 valence electrons. The molecule has 0 amide bonds. The van der Waals surface area contributed by atoms with Gasteiger partial charge in [-0.2, -0.15) is 0 Å². The van der Waals surface area contributed by atoms with E-state index in [1.165, 1.54) is 38.5 Å². The molecule has 4 atom stereocenters. The molecule has 1 N–H and O–H groups in total. The van der Waals surface area contributed by atoms with Gasteiger partial charge in [0.15, 0.2) is 0 Å². The average Bonchev–Trinajstić information content (AvgIpc) is 2.67. The minimum atomic E-state index is 0.232. The maximum absolute atomic E-state index is 9.17. The Morgan fingerprint density at radius 2 is 2.24 bits per heavy atom. The first-order valence-corrected chi connectivity index (χ1v) is 7.43. The highest BCUT2D eigenvalue weighted by molar-refractivity contribution is 5.18. The molecule has 0 spiro atoms. The summed E-state index contributed by atoms with van der Waals surface area (Å²) < 4.78 is 0. The lowest BCUT2D eigenvalue weighted by molar-refractivity contribution is 0.0955. The molecule has 0 saturated heterocycles. The predicted octanol–water partition coefficient (Wildman–Crippen LogP) is 4.17. The maximum atomic E-state index is 9.17. The summed E-state index contributed by atoms with van der Waals surface area (Å²) >= 11 is 0. The smallest absolute Gasteiger partial charge is 0.0615 e. The zero-order chi connectivity index (χ0) is 12.5. The van der Waals surface area contributed by atoms with Gasteiger partial charge in [0, 0.05) is 0 Å². The second-order valence-corrected chi connectivity index (χ2v) is 6.44. The van der Waals surface area contributed by atoms with Gasteiger partial charge in [-0.3, -0.25) is 0 Å². The number of hydrogen-bond acceptors (Lipinski definition) is 1. The van der Waals surface area contributed by atoms with Crippen LogP contribution < -0.4 is 0 Å². The SMILES string of the molecule is CC[C@H](C)[C@H]1CC[C@H]2C(=CCO)CCC[C@]12C. The van der Waals surface area contributed by atoms with Crippen molar-refractivity contribution in [1.29, 1.82) is 0 Å². The lowest BCUT2D eigenvalue weighted by Gasteiger charge is -2.44. The molecule has 0 radical (unpaired) electrons. The Morgan fingerprint density at radius 3 is 2.88 bits per heavy atom. The summed E-state index contributed by atoms with van der Waals surface area (Å²) in [4.78, 5) is 0. The van der Waals surface area contributed by atoms with Gasteiger partial charge >= 0.3 is 0 Å². The van der Waals surface area contributed by atoms with Crippen molar-refractivity contribution < 1.29 is 5.11 Å². The van der Waals surface area contributed by atoms with Crippen LogP contribution in [-0.2, 0) is 0 Å². The molecule has 2 aliphatic rings. The highest BCUT2D eigenvalue weighted by atomic mass is 16.2. The van der Waals surface area contributed by atoms with Crippen LogP contribution in [0, 0.1) is 23.2 Å². The third kappa shape index (κ3) is 2.19. The normalized spacial score (nSPS) is 41.5. The third-order valence-electron chi connectivity index (χ3n) is 5.72. The second-order valence-electron chi connectivity index (χ2n) is 6.44. The van der Waals surface area contributed by atoms with Crippen LogP contribution in [0.3, 0.4) is 0 Å². The highest BCUT2D eigenvalue weighted by Crippen LogP contribution is 2.59. The Morgan fingerprint density at radius 1 is 1.47 bits per heavy atom. The van der Waals surface area contributed by atoms with Crippen molar-refractivity contribution in [2.45, 2.75) is 59.3 Å². The second kappa shape index (κ2) is 5.14. The van der Waals surface area contributed by atoms with Crippen LogP contribution >= 0.6 is 0 Å². The van der Waals surface area contributed by atoms with E-state index in [2.05, 4.69) is 26.8 Å². The summed E-state index contributed by atoms with van der Waals surface area (Å²) in [7, 11) is 0. The summed E-state index contributed by atoms with van der Waals surface area (Å²) in [6.45, 7) is 7.51. The average molecular weight is 236 g/mol. The van der Waals surface area contributed by atoms with E-state index in [0.717, 1.165) is 17.8 Å². The summed E-state index contributed by atoms with van der Waals surface area (Å²) in [5, 5.41) is 9.17.